The van der Waals surface area contributed by atoms with Crippen molar-refractivity contribution in [2.24, 2.45) is 11.8 Å². The molecule has 0 aromatic heterocycles. The van der Waals surface area contributed by atoms with Crippen LogP contribution in [0.3, 0.4) is 0 Å². The van der Waals surface area contributed by atoms with Crippen LogP contribution < -0.4 is 5.32 Å². The highest BCUT2D eigenvalue weighted by Gasteiger charge is 2.30. The molecule has 0 spiro atoms. The van der Waals surface area contributed by atoms with Gasteiger partial charge < -0.3 is 10.2 Å². The zero-order valence-corrected chi connectivity index (χ0v) is 12.6. The first-order valence-corrected chi connectivity index (χ1v) is 8.19. The van der Waals surface area contributed by atoms with Gasteiger partial charge in [-0.05, 0) is 63.6 Å². The number of rotatable bonds is 6. The predicted molar refractivity (Wildman–Crippen MR) is 78.9 cm³/mol. The molecule has 2 rings (SSSR count). The maximum Gasteiger partial charge on any atom is 0.0119 e. The van der Waals surface area contributed by atoms with Crippen molar-refractivity contribution >= 4 is 0 Å². The molecule has 1 N–H and O–H groups in total. The maximum atomic E-state index is 3.69. The SMILES string of the molecule is CCNC1CCCC1CCN1CCCC1C(C)C. The van der Waals surface area contributed by atoms with Gasteiger partial charge in [-0.3, -0.25) is 0 Å². The quantitative estimate of drug-likeness (QED) is 0.780. The van der Waals surface area contributed by atoms with Gasteiger partial charge >= 0.3 is 0 Å². The number of nitrogens with zero attached hydrogens (tertiary/aromatic N) is 1. The van der Waals surface area contributed by atoms with Crippen molar-refractivity contribution in [3.05, 3.63) is 0 Å². The minimum absolute atomic E-state index is 0.815. The Kier molecular flexibility index (Phi) is 5.50. The Balaban J connectivity index is 1.76. The first kappa shape index (κ1) is 14.3. The molecule has 3 atom stereocenters. The van der Waals surface area contributed by atoms with Gasteiger partial charge in [0.2, 0.25) is 0 Å². The van der Waals surface area contributed by atoms with E-state index < -0.39 is 0 Å². The van der Waals surface area contributed by atoms with Crippen LogP contribution in [0.2, 0.25) is 0 Å². The molecule has 1 saturated carbocycles. The molecule has 1 aliphatic carbocycles. The third-order valence-electron chi connectivity index (χ3n) is 5.10. The third-order valence-corrected chi connectivity index (χ3v) is 5.10. The van der Waals surface area contributed by atoms with E-state index in [-0.39, 0.29) is 0 Å². The Bertz CT molecular complexity index is 239. The van der Waals surface area contributed by atoms with Gasteiger partial charge in [0.15, 0.2) is 0 Å². The zero-order chi connectivity index (χ0) is 13.0. The van der Waals surface area contributed by atoms with Crippen molar-refractivity contribution in [1.29, 1.82) is 0 Å². The van der Waals surface area contributed by atoms with E-state index in [2.05, 4.69) is 31.0 Å². The Hall–Kier alpha value is -0.0800. The first-order chi connectivity index (χ1) is 8.72. The molecule has 2 aliphatic rings. The van der Waals surface area contributed by atoms with E-state index in [1.165, 1.54) is 51.6 Å². The molecule has 0 bridgehead atoms. The second-order valence-electron chi connectivity index (χ2n) is 6.63. The van der Waals surface area contributed by atoms with E-state index in [4.69, 9.17) is 0 Å². The van der Waals surface area contributed by atoms with Gasteiger partial charge in [-0.1, -0.05) is 27.2 Å². The molecule has 0 radical (unpaired) electrons. The molecule has 2 fully saturated rings. The van der Waals surface area contributed by atoms with E-state index in [1.807, 2.05) is 0 Å². The summed E-state index contributed by atoms with van der Waals surface area (Å²) >= 11 is 0. The minimum Gasteiger partial charge on any atom is -0.314 e. The van der Waals surface area contributed by atoms with Crippen LogP contribution in [0, 0.1) is 11.8 Å². The Morgan fingerprint density at radius 1 is 1.17 bits per heavy atom. The monoisotopic (exact) mass is 252 g/mol. The normalized spacial score (nSPS) is 33.7. The largest absolute Gasteiger partial charge is 0.314 e. The van der Waals surface area contributed by atoms with Gasteiger partial charge in [0, 0.05) is 12.1 Å². The topological polar surface area (TPSA) is 15.3 Å². The summed E-state index contributed by atoms with van der Waals surface area (Å²) in [7, 11) is 0. The third kappa shape index (κ3) is 3.48. The van der Waals surface area contributed by atoms with Gasteiger partial charge in [-0.2, -0.15) is 0 Å². The fourth-order valence-electron chi connectivity index (χ4n) is 4.13. The van der Waals surface area contributed by atoms with E-state index in [0.717, 1.165) is 30.5 Å². The number of hydrogen-bond acceptors (Lipinski definition) is 2. The van der Waals surface area contributed by atoms with Gasteiger partial charge in [0.1, 0.15) is 0 Å². The van der Waals surface area contributed by atoms with Crippen LogP contribution in [0.5, 0.6) is 0 Å². The first-order valence-electron chi connectivity index (χ1n) is 8.19. The van der Waals surface area contributed by atoms with Crippen molar-refractivity contribution in [3.8, 4) is 0 Å². The molecule has 2 nitrogen and oxygen atoms in total. The van der Waals surface area contributed by atoms with Crippen molar-refractivity contribution in [3.63, 3.8) is 0 Å². The fourth-order valence-corrected chi connectivity index (χ4v) is 4.13. The van der Waals surface area contributed by atoms with Gasteiger partial charge in [0.05, 0.1) is 0 Å². The molecule has 106 valence electrons. The molecular formula is C16H32N2. The van der Waals surface area contributed by atoms with Gasteiger partial charge in [-0.15, -0.1) is 0 Å². The van der Waals surface area contributed by atoms with Crippen molar-refractivity contribution in [1.82, 2.24) is 10.2 Å². The second-order valence-corrected chi connectivity index (χ2v) is 6.63. The Morgan fingerprint density at radius 3 is 2.72 bits per heavy atom. The van der Waals surface area contributed by atoms with Crippen molar-refractivity contribution < 1.29 is 0 Å². The molecule has 1 saturated heterocycles. The van der Waals surface area contributed by atoms with Crippen molar-refractivity contribution in [2.45, 2.75) is 71.4 Å². The average molecular weight is 252 g/mol. The molecule has 18 heavy (non-hydrogen) atoms. The lowest BCUT2D eigenvalue weighted by Crippen LogP contribution is -2.37. The minimum atomic E-state index is 0.815. The predicted octanol–water partition coefficient (Wildman–Crippen LogP) is 3.28. The zero-order valence-electron chi connectivity index (χ0n) is 12.6. The van der Waals surface area contributed by atoms with Crippen LogP contribution in [0.25, 0.3) is 0 Å². The lowest BCUT2D eigenvalue weighted by atomic mass is 9.97. The van der Waals surface area contributed by atoms with Crippen LogP contribution in [-0.2, 0) is 0 Å². The van der Waals surface area contributed by atoms with E-state index >= 15 is 0 Å². The molecule has 2 heteroatoms. The molecule has 0 aromatic rings. The highest BCUT2D eigenvalue weighted by atomic mass is 15.2. The number of nitrogens with one attached hydrogen (secondary N) is 1. The smallest absolute Gasteiger partial charge is 0.0119 e. The van der Waals surface area contributed by atoms with Gasteiger partial charge in [0.25, 0.3) is 0 Å². The molecule has 0 aromatic carbocycles. The highest BCUT2D eigenvalue weighted by Crippen LogP contribution is 2.30. The van der Waals surface area contributed by atoms with Crippen LogP contribution in [-0.4, -0.2) is 36.6 Å². The van der Waals surface area contributed by atoms with Gasteiger partial charge in [-0.25, -0.2) is 0 Å². The summed E-state index contributed by atoms with van der Waals surface area (Å²) in [6.07, 6.45) is 8.57. The summed E-state index contributed by atoms with van der Waals surface area (Å²) in [6, 6.07) is 1.68. The molecule has 1 heterocycles. The van der Waals surface area contributed by atoms with Crippen LogP contribution in [0.4, 0.5) is 0 Å². The van der Waals surface area contributed by atoms with E-state index in [9.17, 15) is 0 Å². The second kappa shape index (κ2) is 6.91. The molecule has 1 aliphatic heterocycles. The molecular weight excluding hydrogens is 220 g/mol. The van der Waals surface area contributed by atoms with Crippen LogP contribution in [0.15, 0.2) is 0 Å². The Labute approximate surface area is 114 Å². The summed E-state index contributed by atoms with van der Waals surface area (Å²) < 4.78 is 0. The van der Waals surface area contributed by atoms with Crippen molar-refractivity contribution in [2.75, 3.05) is 19.6 Å². The van der Waals surface area contributed by atoms with Crippen LogP contribution >= 0.6 is 0 Å². The number of likely N-dealkylation sites (tertiary alicyclic amines) is 1. The fraction of sp³-hybridized carbons (Fsp3) is 1.00. The summed E-state index contributed by atoms with van der Waals surface area (Å²) in [6.45, 7) is 10.8. The Morgan fingerprint density at radius 2 is 2.00 bits per heavy atom. The summed E-state index contributed by atoms with van der Waals surface area (Å²) in [4.78, 5) is 2.77. The standard InChI is InChI=1S/C16H32N2/c1-4-17-15-8-5-7-14(15)10-12-18-11-6-9-16(18)13(2)3/h13-17H,4-12H2,1-3H3. The van der Waals surface area contributed by atoms with Crippen LogP contribution in [0.1, 0.15) is 59.3 Å². The molecule has 0 amide bonds. The summed E-state index contributed by atoms with van der Waals surface area (Å²) in [5, 5.41) is 3.69. The number of hydrogen-bond donors (Lipinski definition) is 1. The average Bonchev–Trinajstić information content (AvgIpc) is 2.95. The summed E-state index contributed by atoms with van der Waals surface area (Å²) in [5.41, 5.74) is 0. The van der Waals surface area contributed by atoms with E-state index in [1.54, 1.807) is 0 Å². The summed E-state index contributed by atoms with van der Waals surface area (Å²) in [5.74, 6) is 1.78. The lowest BCUT2D eigenvalue weighted by molar-refractivity contribution is 0.188. The lowest BCUT2D eigenvalue weighted by Gasteiger charge is -2.29. The molecule has 3 unspecified atom stereocenters. The van der Waals surface area contributed by atoms with E-state index in [0.29, 0.717) is 0 Å². The highest BCUT2D eigenvalue weighted by molar-refractivity contribution is 4.86. The maximum absolute atomic E-state index is 3.69.